The van der Waals surface area contributed by atoms with Crippen LogP contribution in [0.2, 0.25) is 0 Å². The van der Waals surface area contributed by atoms with E-state index in [9.17, 15) is 0 Å². The molecule has 20 heavy (non-hydrogen) atoms. The first kappa shape index (κ1) is 13.3. The number of benzene rings is 1. The Kier molecular flexibility index (Phi) is 3.85. The second-order valence-electron chi connectivity index (χ2n) is 5.01. The Hall–Kier alpha value is -1.65. The molecule has 2 aromatic heterocycles. The van der Waals surface area contributed by atoms with Gasteiger partial charge in [0.25, 0.3) is 0 Å². The molecule has 0 spiro atoms. The van der Waals surface area contributed by atoms with Gasteiger partial charge in [-0.05, 0) is 43.5 Å². The number of thiophene rings is 1. The lowest BCUT2D eigenvalue weighted by Crippen LogP contribution is -2.16. The van der Waals surface area contributed by atoms with Crippen molar-refractivity contribution in [1.29, 1.82) is 0 Å². The van der Waals surface area contributed by atoms with E-state index in [0.717, 1.165) is 12.8 Å². The number of rotatable bonds is 5. The summed E-state index contributed by atoms with van der Waals surface area (Å²) < 4.78 is 3.32. The van der Waals surface area contributed by atoms with Gasteiger partial charge in [0.1, 0.15) is 0 Å². The average molecular weight is 285 g/mol. The van der Waals surface area contributed by atoms with E-state index in [0.29, 0.717) is 6.04 Å². The van der Waals surface area contributed by atoms with Crippen LogP contribution < -0.4 is 5.32 Å². The Balaban J connectivity index is 1.77. The van der Waals surface area contributed by atoms with E-state index in [2.05, 4.69) is 46.8 Å². The van der Waals surface area contributed by atoms with Crippen LogP contribution in [0.3, 0.4) is 0 Å². The first-order valence-corrected chi connectivity index (χ1v) is 7.72. The SMILES string of the molecule is CNC(CCc1ccnn1C)c1cc2ccccc2s1. The second-order valence-corrected chi connectivity index (χ2v) is 6.13. The van der Waals surface area contributed by atoms with E-state index in [1.807, 2.05) is 36.3 Å². The summed E-state index contributed by atoms with van der Waals surface area (Å²) in [5.41, 5.74) is 1.28. The molecular weight excluding hydrogens is 266 g/mol. The lowest BCUT2D eigenvalue weighted by molar-refractivity contribution is 0.543. The molecule has 0 aliphatic heterocycles. The van der Waals surface area contributed by atoms with Gasteiger partial charge in [-0.1, -0.05) is 18.2 Å². The van der Waals surface area contributed by atoms with Crippen LogP contribution >= 0.6 is 11.3 Å². The van der Waals surface area contributed by atoms with Crippen molar-refractivity contribution in [2.45, 2.75) is 18.9 Å². The number of hydrogen-bond acceptors (Lipinski definition) is 3. The molecular formula is C16H19N3S. The van der Waals surface area contributed by atoms with Gasteiger partial charge in [0.2, 0.25) is 0 Å². The fourth-order valence-corrected chi connectivity index (χ4v) is 3.75. The Morgan fingerprint density at radius 1 is 1.30 bits per heavy atom. The summed E-state index contributed by atoms with van der Waals surface area (Å²) in [6.07, 6.45) is 3.99. The van der Waals surface area contributed by atoms with Crippen molar-refractivity contribution < 1.29 is 0 Å². The molecule has 0 aliphatic carbocycles. The largest absolute Gasteiger partial charge is 0.312 e. The maximum absolute atomic E-state index is 4.23. The topological polar surface area (TPSA) is 29.9 Å². The zero-order valence-corrected chi connectivity index (χ0v) is 12.7. The summed E-state index contributed by atoms with van der Waals surface area (Å²) in [6, 6.07) is 13.4. The molecule has 0 radical (unpaired) electrons. The van der Waals surface area contributed by atoms with Crippen molar-refractivity contribution in [2.75, 3.05) is 7.05 Å². The molecule has 0 amide bonds. The smallest absolute Gasteiger partial charge is 0.0492 e. The van der Waals surface area contributed by atoms with Crippen molar-refractivity contribution in [3.8, 4) is 0 Å². The van der Waals surface area contributed by atoms with E-state index in [1.54, 1.807) is 0 Å². The molecule has 0 saturated carbocycles. The third-order valence-electron chi connectivity index (χ3n) is 3.75. The summed E-state index contributed by atoms with van der Waals surface area (Å²) in [4.78, 5) is 1.41. The Morgan fingerprint density at radius 2 is 2.15 bits per heavy atom. The maximum Gasteiger partial charge on any atom is 0.0492 e. The fourth-order valence-electron chi connectivity index (χ4n) is 2.54. The number of fused-ring (bicyclic) bond motifs is 1. The minimum atomic E-state index is 0.405. The number of aryl methyl sites for hydroxylation is 2. The minimum absolute atomic E-state index is 0.405. The molecule has 0 fully saturated rings. The van der Waals surface area contributed by atoms with E-state index in [-0.39, 0.29) is 0 Å². The summed E-state index contributed by atoms with van der Waals surface area (Å²) in [5, 5.41) is 9.01. The third kappa shape index (κ3) is 2.62. The summed E-state index contributed by atoms with van der Waals surface area (Å²) in [5.74, 6) is 0. The molecule has 0 aliphatic rings. The zero-order valence-electron chi connectivity index (χ0n) is 11.8. The van der Waals surface area contributed by atoms with Crippen molar-refractivity contribution in [3.05, 3.63) is 53.2 Å². The van der Waals surface area contributed by atoms with Crippen LogP contribution in [-0.4, -0.2) is 16.8 Å². The standard InChI is InChI=1S/C16H19N3S/c1-17-14(8-7-13-9-10-18-19(13)2)16-11-12-5-3-4-6-15(12)20-16/h3-6,9-11,14,17H,7-8H2,1-2H3. The molecule has 1 unspecified atom stereocenters. The minimum Gasteiger partial charge on any atom is -0.312 e. The molecule has 104 valence electrons. The monoisotopic (exact) mass is 285 g/mol. The van der Waals surface area contributed by atoms with E-state index in [1.165, 1.54) is 20.7 Å². The highest BCUT2D eigenvalue weighted by Crippen LogP contribution is 2.31. The number of nitrogens with zero attached hydrogens (tertiary/aromatic N) is 2. The van der Waals surface area contributed by atoms with Crippen LogP contribution in [0.5, 0.6) is 0 Å². The van der Waals surface area contributed by atoms with Gasteiger partial charge in [-0.2, -0.15) is 5.10 Å². The highest BCUT2D eigenvalue weighted by atomic mass is 32.1. The lowest BCUT2D eigenvalue weighted by atomic mass is 10.1. The summed E-state index contributed by atoms with van der Waals surface area (Å²) in [7, 11) is 4.04. The number of nitrogens with one attached hydrogen (secondary N) is 1. The Morgan fingerprint density at radius 3 is 2.85 bits per heavy atom. The molecule has 3 rings (SSSR count). The van der Waals surface area contributed by atoms with Gasteiger partial charge in [0, 0.05) is 34.6 Å². The molecule has 2 heterocycles. The van der Waals surface area contributed by atoms with E-state index in [4.69, 9.17) is 0 Å². The van der Waals surface area contributed by atoms with Gasteiger partial charge in [0.05, 0.1) is 0 Å². The van der Waals surface area contributed by atoms with Gasteiger partial charge in [-0.25, -0.2) is 0 Å². The fraction of sp³-hybridized carbons (Fsp3) is 0.312. The van der Waals surface area contributed by atoms with Crippen LogP contribution in [0.15, 0.2) is 42.6 Å². The molecule has 0 saturated heterocycles. The number of aromatic nitrogens is 2. The van der Waals surface area contributed by atoms with Gasteiger partial charge in [-0.15, -0.1) is 11.3 Å². The van der Waals surface area contributed by atoms with Crippen molar-refractivity contribution in [2.24, 2.45) is 7.05 Å². The zero-order chi connectivity index (χ0) is 13.9. The molecule has 0 bridgehead atoms. The van der Waals surface area contributed by atoms with Crippen LogP contribution in [-0.2, 0) is 13.5 Å². The second kappa shape index (κ2) is 5.77. The van der Waals surface area contributed by atoms with Crippen LogP contribution in [0.1, 0.15) is 23.0 Å². The van der Waals surface area contributed by atoms with Gasteiger partial charge in [0.15, 0.2) is 0 Å². The van der Waals surface area contributed by atoms with Crippen LogP contribution in [0.4, 0.5) is 0 Å². The van der Waals surface area contributed by atoms with Crippen molar-refractivity contribution in [3.63, 3.8) is 0 Å². The van der Waals surface area contributed by atoms with E-state index < -0.39 is 0 Å². The van der Waals surface area contributed by atoms with Crippen molar-refractivity contribution >= 4 is 21.4 Å². The van der Waals surface area contributed by atoms with Crippen molar-refractivity contribution in [1.82, 2.24) is 15.1 Å². The van der Waals surface area contributed by atoms with Gasteiger partial charge >= 0.3 is 0 Å². The summed E-state index contributed by atoms with van der Waals surface area (Å²) in [6.45, 7) is 0. The van der Waals surface area contributed by atoms with E-state index >= 15 is 0 Å². The molecule has 3 nitrogen and oxygen atoms in total. The highest BCUT2D eigenvalue weighted by molar-refractivity contribution is 7.19. The van der Waals surface area contributed by atoms with Crippen LogP contribution in [0, 0.1) is 0 Å². The lowest BCUT2D eigenvalue weighted by Gasteiger charge is -2.14. The average Bonchev–Trinajstić information content (AvgIpc) is 3.06. The summed E-state index contributed by atoms with van der Waals surface area (Å²) >= 11 is 1.89. The quantitative estimate of drug-likeness (QED) is 0.777. The molecule has 1 aromatic carbocycles. The Labute approximate surface area is 123 Å². The predicted octanol–water partition coefficient (Wildman–Crippen LogP) is 3.53. The normalized spacial score (nSPS) is 12.9. The maximum atomic E-state index is 4.23. The predicted molar refractivity (Wildman–Crippen MR) is 85.2 cm³/mol. The first-order valence-electron chi connectivity index (χ1n) is 6.90. The molecule has 1 atom stereocenters. The van der Waals surface area contributed by atoms with Crippen LogP contribution in [0.25, 0.3) is 10.1 Å². The molecule has 1 N–H and O–H groups in total. The Bertz CT molecular complexity index is 665. The number of hydrogen-bond donors (Lipinski definition) is 1. The third-order valence-corrected chi connectivity index (χ3v) is 4.98. The van der Waals surface area contributed by atoms with Gasteiger partial charge < -0.3 is 5.32 Å². The molecule has 3 aromatic rings. The highest BCUT2D eigenvalue weighted by Gasteiger charge is 2.13. The van der Waals surface area contributed by atoms with Gasteiger partial charge in [-0.3, -0.25) is 4.68 Å². The first-order chi connectivity index (χ1) is 9.78. The molecule has 4 heteroatoms.